The van der Waals surface area contributed by atoms with Gasteiger partial charge in [-0.3, -0.25) is 0 Å². The Balaban J connectivity index is 2.13. The number of hydrogen-bond donors (Lipinski definition) is 3. The monoisotopic (exact) mass is 299 g/mol. The van der Waals surface area contributed by atoms with Gasteiger partial charge in [0.05, 0.1) is 12.3 Å². The molecule has 1 aromatic rings. The topological polar surface area (TPSA) is 93.5 Å². The van der Waals surface area contributed by atoms with Gasteiger partial charge in [-0.15, -0.1) is 0 Å². The molecule has 2 atom stereocenters. The van der Waals surface area contributed by atoms with Gasteiger partial charge in [-0.05, 0) is 38.6 Å². The minimum atomic E-state index is -3.51. The van der Waals surface area contributed by atoms with Crippen molar-refractivity contribution in [2.45, 2.75) is 24.3 Å². The summed E-state index contributed by atoms with van der Waals surface area (Å²) in [6.45, 7) is 3.65. The Morgan fingerprint density at radius 3 is 2.75 bits per heavy atom. The van der Waals surface area contributed by atoms with Crippen LogP contribution in [-0.2, 0) is 14.8 Å². The first-order chi connectivity index (χ1) is 9.44. The van der Waals surface area contributed by atoms with Gasteiger partial charge in [-0.2, -0.15) is 0 Å². The zero-order valence-electron chi connectivity index (χ0n) is 11.7. The summed E-state index contributed by atoms with van der Waals surface area (Å²) in [5.41, 5.74) is 6.88. The molecule has 2 unspecified atom stereocenters. The summed E-state index contributed by atoms with van der Waals surface area (Å²) in [5.74, 6) is 0.469. The maximum Gasteiger partial charge on any atom is 0.242 e. The van der Waals surface area contributed by atoms with E-state index in [4.69, 9.17) is 10.5 Å². The number of sulfonamides is 1. The average Bonchev–Trinajstić information content (AvgIpc) is 2.92. The van der Waals surface area contributed by atoms with E-state index in [0.29, 0.717) is 5.92 Å². The lowest BCUT2D eigenvalue weighted by molar-refractivity contribution is 0.183. The molecule has 1 aromatic carbocycles. The van der Waals surface area contributed by atoms with Crippen LogP contribution < -0.4 is 15.8 Å². The van der Waals surface area contributed by atoms with E-state index in [0.717, 1.165) is 25.3 Å². The predicted octanol–water partition coefficient (Wildman–Crippen LogP) is 1.01. The van der Waals surface area contributed by atoms with Crippen LogP contribution in [-0.4, -0.2) is 34.7 Å². The number of nitrogen functional groups attached to an aromatic ring is 1. The minimum absolute atomic E-state index is 0.0994. The van der Waals surface area contributed by atoms with Crippen molar-refractivity contribution in [1.82, 2.24) is 4.72 Å². The second-order valence-electron chi connectivity index (χ2n) is 5.02. The van der Waals surface area contributed by atoms with Crippen molar-refractivity contribution in [1.29, 1.82) is 0 Å². The van der Waals surface area contributed by atoms with Gasteiger partial charge in [-0.1, -0.05) is 0 Å². The van der Waals surface area contributed by atoms with Gasteiger partial charge in [0, 0.05) is 24.3 Å². The highest BCUT2D eigenvalue weighted by molar-refractivity contribution is 7.89. The van der Waals surface area contributed by atoms with Crippen LogP contribution in [0, 0.1) is 5.92 Å². The van der Waals surface area contributed by atoms with E-state index in [-0.39, 0.29) is 16.6 Å². The van der Waals surface area contributed by atoms with Crippen molar-refractivity contribution >= 4 is 21.4 Å². The van der Waals surface area contributed by atoms with Crippen LogP contribution in [0.2, 0.25) is 0 Å². The first-order valence-corrected chi connectivity index (χ1v) is 8.09. The fourth-order valence-corrected chi connectivity index (χ4v) is 3.16. The maximum atomic E-state index is 11.7. The normalized spacial score (nSPS) is 20.8. The third kappa shape index (κ3) is 3.23. The number of hydrogen-bond acceptors (Lipinski definition) is 5. The van der Waals surface area contributed by atoms with Gasteiger partial charge in [0.15, 0.2) is 0 Å². The SMILES string of the molecule is CNS(=O)(=O)c1ccc(NC(C)C2CCOC2)cc1N. The molecule has 7 heteroatoms. The zero-order valence-corrected chi connectivity index (χ0v) is 12.5. The molecule has 1 saturated heterocycles. The molecule has 0 saturated carbocycles. The highest BCUT2D eigenvalue weighted by atomic mass is 32.2. The second-order valence-corrected chi connectivity index (χ2v) is 6.87. The van der Waals surface area contributed by atoms with Crippen LogP contribution in [0.5, 0.6) is 0 Å². The zero-order chi connectivity index (χ0) is 14.8. The summed E-state index contributed by atoms with van der Waals surface area (Å²) in [5, 5.41) is 3.35. The van der Waals surface area contributed by atoms with Crippen molar-refractivity contribution in [2.24, 2.45) is 5.92 Å². The molecule has 0 aromatic heterocycles. The van der Waals surface area contributed by atoms with E-state index in [1.165, 1.54) is 13.1 Å². The summed E-state index contributed by atoms with van der Waals surface area (Å²) in [6.07, 6.45) is 1.04. The van der Waals surface area contributed by atoms with Gasteiger partial charge in [0.1, 0.15) is 4.90 Å². The van der Waals surface area contributed by atoms with Crippen LogP contribution in [0.4, 0.5) is 11.4 Å². The molecule has 2 rings (SSSR count). The van der Waals surface area contributed by atoms with E-state index in [9.17, 15) is 8.42 Å². The van der Waals surface area contributed by atoms with Crippen LogP contribution in [0.3, 0.4) is 0 Å². The van der Waals surface area contributed by atoms with Crippen LogP contribution in [0.25, 0.3) is 0 Å². The fourth-order valence-electron chi connectivity index (χ4n) is 2.32. The molecule has 0 spiro atoms. The van der Waals surface area contributed by atoms with E-state index in [1.807, 2.05) is 0 Å². The quantitative estimate of drug-likeness (QED) is 0.706. The first kappa shape index (κ1) is 15.1. The minimum Gasteiger partial charge on any atom is -0.398 e. The molecular weight excluding hydrogens is 278 g/mol. The van der Waals surface area contributed by atoms with Crippen LogP contribution >= 0.6 is 0 Å². The molecule has 112 valence electrons. The lowest BCUT2D eigenvalue weighted by Gasteiger charge is -2.21. The molecule has 0 radical (unpaired) electrons. The molecule has 0 amide bonds. The van der Waals surface area contributed by atoms with Crippen molar-refractivity contribution in [3.63, 3.8) is 0 Å². The third-order valence-corrected chi connectivity index (χ3v) is 5.12. The van der Waals surface area contributed by atoms with Crippen molar-refractivity contribution in [3.05, 3.63) is 18.2 Å². The number of ether oxygens (including phenoxy) is 1. The van der Waals surface area contributed by atoms with Crippen molar-refractivity contribution in [2.75, 3.05) is 31.3 Å². The molecular formula is C13H21N3O3S. The number of rotatable bonds is 5. The third-order valence-electron chi connectivity index (χ3n) is 3.63. The Labute approximate surface area is 119 Å². The highest BCUT2D eigenvalue weighted by Crippen LogP contribution is 2.25. The first-order valence-electron chi connectivity index (χ1n) is 6.61. The molecule has 20 heavy (non-hydrogen) atoms. The van der Waals surface area contributed by atoms with Gasteiger partial charge in [-0.25, -0.2) is 13.1 Å². The smallest absolute Gasteiger partial charge is 0.242 e. The number of nitrogens with one attached hydrogen (secondary N) is 2. The molecule has 1 fully saturated rings. The Kier molecular flexibility index (Phi) is 4.52. The van der Waals surface area contributed by atoms with E-state index >= 15 is 0 Å². The number of anilines is 2. The molecule has 6 nitrogen and oxygen atoms in total. The van der Waals surface area contributed by atoms with Crippen LogP contribution in [0.15, 0.2) is 23.1 Å². The Morgan fingerprint density at radius 2 is 2.20 bits per heavy atom. The predicted molar refractivity (Wildman–Crippen MR) is 79.1 cm³/mol. The lowest BCUT2D eigenvalue weighted by Crippen LogP contribution is -2.26. The molecule has 4 N–H and O–H groups in total. The lowest BCUT2D eigenvalue weighted by atomic mass is 10.0. The second kappa shape index (κ2) is 5.99. The summed E-state index contributed by atoms with van der Waals surface area (Å²) in [4.78, 5) is 0.0994. The van der Waals surface area contributed by atoms with Crippen molar-refractivity contribution < 1.29 is 13.2 Å². The fraction of sp³-hybridized carbons (Fsp3) is 0.538. The molecule has 1 heterocycles. The summed E-state index contributed by atoms with van der Waals surface area (Å²) in [6, 6.07) is 5.15. The standard InChI is InChI=1S/C13H21N3O3S/c1-9(10-5-6-19-8-10)16-11-3-4-13(12(14)7-11)20(17,18)15-2/h3-4,7,9-10,15-16H,5-6,8,14H2,1-2H3. The van der Waals surface area contributed by atoms with Gasteiger partial charge >= 0.3 is 0 Å². The average molecular weight is 299 g/mol. The van der Waals surface area contributed by atoms with Crippen LogP contribution in [0.1, 0.15) is 13.3 Å². The number of nitrogens with two attached hydrogens (primary N) is 1. The maximum absolute atomic E-state index is 11.7. The van der Waals surface area contributed by atoms with Gasteiger partial charge in [0.25, 0.3) is 0 Å². The number of benzene rings is 1. The largest absolute Gasteiger partial charge is 0.398 e. The Morgan fingerprint density at radius 1 is 1.45 bits per heavy atom. The summed E-state index contributed by atoms with van der Waals surface area (Å²) >= 11 is 0. The van der Waals surface area contributed by atoms with Crippen molar-refractivity contribution in [3.8, 4) is 0 Å². The molecule has 1 aliphatic heterocycles. The Hall–Kier alpha value is -1.31. The summed E-state index contributed by atoms with van der Waals surface area (Å²) < 4.78 is 31.1. The summed E-state index contributed by atoms with van der Waals surface area (Å²) in [7, 11) is -2.15. The van der Waals surface area contributed by atoms with E-state index in [2.05, 4.69) is 17.0 Å². The van der Waals surface area contributed by atoms with E-state index < -0.39 is 10.0 Å². The Bertz CT molecular complexity index is 568. The van der Waals surface area contributed by atoms with Gasteiger partial charge in [0.2, 0.25) is 10.0 Å². The van der Waals surface area contributed by atoms with E-state index in [1.54, 1.807) is 12.1 Å². The van der Waals surface area contributed by atoms with Gasteiger partial charge < -0.3 is 15.8 Å². The highest BCUT2D eigenvalue weighted by Gasteiger charge is 2.22. The molecule has 0 aliphatic carbocycles. The molecule has 0 bridgehead atoms. The molecule has 1 aliphatic rings.